The van der Waals surface area contributed by atoms with E-state index in [2.05, 4.69) is 15.0 Å². The van der Waals surface area contributed by atoms with E-state index in [0.717, 1.165) is 35.9 Å². The van der Waals surface area contributed by atoms with Crippen molar-refractivity contribution in [2.75, 3.05) is 19.8 Å². The molecule has 0 radical (unpaired) electrons. The molecule has 31 heavy (non-hydrogen) atoms. The number of aliphatic imine (C=N–C) groups is 1. The minimum Gasteiger partial charge on any atom is -0.493 e. The van der Waals surface area contributed by atoms with E-state index < -0.39 is 18.6 Å². The number of ketones is 1. The molecule has 162 valence electrons. The standard InChI is InChI=1S/C21H20F2N4O4/c22-17(23)9-29-18-8-25-14(7-26-18)15(28)6-12-1-2-16-13(5-12)21(11-31-19(24)27-21)20(3-4-20)10-30-16/h1-2,5,7-8,17H,3-4,6,9-11H2,(H2,24,27). The average Bonchev–Trinajstić information content (AvgIpc) is 3.45. The van der Waals surface area contributed by atoms with Crippen molar-refractivity contribution < 1.29 is 27.8 Å². The zero-order valence-electron chi connectivity index (χ0n) is 16.5. The van der Waals surface area contributed by atoms with Crippen molar-refractivity contribution >= 4 is 11.8 Å². The number of aromatic nitrogens is 2. The van der Waals surface area contributed by atoms with Crippen LogP contribution in [0.3, 0.4) is 0 Å². The summed E-state index contributed by atoms with van der Waals surface area (Å²) in [6.07, 6.45) is 1.81. The first kappa shape index (κ1) is 19.7. The van der Waals surface area contributed by atoms with E-state index in [4.69, 9.17) is 19.9 Å². The Kier molecular flexibility index (Phi) is 4.53. The summed E-state index contributed by atoms with van der Waals surface area (Å²) in [5, 5.41) is 0. The monoisotopic (exact) mass is 430 g/mol. The van der Waals surface area contributed by atoms with Gasteiger partial charge >= 0.3 is 0 Å². The van der Waals surface area contributed by atoms with Gasteiger partial charge in [-0.1, -0.05) is 6.07 Å². The molecule has 0 saturated heterocycles. The fourth-order valence-electron chi connectivity index (χ4n) is 4.27. The highest BCUT2D eigenvalue weighted by Gasteiger charge is 2.66. The lowest BCUT2D eigenvalue weighted by Gasteiger charge is -2.39. The van der Waals surface area contributed by atoms with Crippen LogP contribution in [0.5, 0.6) is 11.6 Å². The fraction of sp³-hybridized carbons (Fsp3) is 0.429. The van der Waals surface area contributed by atoms with Gasteiger partial charge in [0, 0.05) is 17.4 Å². The first-order valence-electron chi connectivity index (χ1n) is 9.91. The summed E-state index contributed by atoms with van der Waals surface area (Å²) in [5.41, 5.74) is 6.92. The van der Waals surface area contributed by atoms with E-state index in [0.29, 0.717) is 13.2 Å². The van der Waals surface area contributed by atoms with Crippen LogP contribution in [0.1, 0.15) is 34.5 Å². The lowest BCUT2D eigenvalue weighted by molar-refractivity contribution is 0.0792. The number of alkyl halides is 2. The van der Waals surface area contributed by atoms with Crippen molar-refractivity contribution in [3.05, 3.63) is 47.4 Å². The van der Waals surface area contributed by atoms with Gasteiger partial charge in [0.2, 0.25) is 5.88 Å². The number of fused-ring (bicyclic) bond motifs is 3. The molecule has 2 N–H and O–H groups in total. The van der Waals surface area contributed by atoms with E-state index in [1.165, 1.54) is 6.20 Å². The molecular formula is C21H20F2N4O4. The van der Waals surface area contributed by atoms with E-state index in [1.807, 2.05) is 18.2 Å². The van der Waals surface area contributed by atoms with Gasteiger partial charge in [0.25, 0.3) is 12.4 Å². The highest BCUT2D eigenvalue weighted by atomic mass is 19.3. The average molecular weight is 430 g/mol. The lowest BCUT2D eigenvalue weighted by atomic mass is 9.74. The molecule has 1 fully saturated rings. The van der Waals surface area contributed by atoms with Crippen molar-refractivity contribution in [3.63, 3.8) is 0 Å². The second-order valence-corrected chi connectivity index (χ2v) is 8.04. The van der Waals surface area contributed by atoms with Crippen LogP contribution in [-0.2, 0) is 16.7 Å². The number of hydrogen-bond acceptors (Lipinski definition) is 8. The van der Waals surface area contributed by atoms with Gasteiger partial charge in [-0.05, 0) is 30.5 Å². The van der Waals surface area contributed by atoms with Crippen molar-refractivity contribution in [2.45, 2.75) is 31.2 Å². The Labute approximate surface area is 176 Å². The second-order valence-electron chi connectivity index (χ2n) is 8.04. The van der Waals surface area contributed by atoms with Crippen LogP contribution in [0.15, 0.2) is 35.6 Å². The third-order valence-electron chi connectivity index (χ3n) is 6.09. The number of nitrogens with two attached hydrogens (primary N) is 1. The number of carbonyl (C=O) groups excluding carboxylic acids is 1. The number of amidine groups is 1. The number of hydrogen-bond donors (Lipinski definition) is 1. The van der Waals surface area contributed by atoms with Gasteiger partial charge in [-0.3, -0.25) is 4.79 Å². The Hall–Kier alpha value is -3.30. The molecule has 8 nitrogen and oxygen atoms in total. The van der Waals surface area contributed by atoms with Crippen molar-refractivity contribution in [1.29, 1.82) is 0 Å². The topological polar surface area (TPSA) is 109 Å². The summed E-state index contributed by atoms with van der Waals surface area (Å²) in [5.74, 6) is 0.401. The molecule has 1 unspecified atom stereocenters. The largest absolute Gasteiger partial charge is 0.493 e. The molecule has 1 aromatic carbocycles. The van der Waals surface area contributed by atoms with Crippen LogP contribution >= 0.6 is 0 Å². The van der Waals surface area contributed by atoms with Crippen molar-refractivity contribution in [2.24, 2.45) is 16.1 Å². The molecule has 10 heteroatoms. The summed E-state index contributed by atoms with van der Waals surface area (Å²) < 4.78 is 40.7. The molecule has 2 spiro atoms. The number of nitrogens with zero attached hydrogens (tertiary/aromatic N) is 3. The van der Waals surface area contributed by atoms with Crippen LogP contribution < -0.4 is 15.2 Å². The molecule has 2 aliphatic heterocycles. The number of carbonyl (C=O) groups is 1. The third kappa shape index (κ3) is 3.35. The summed E-state index contributed by atoms with van der Waals surface area (Å²) >= 11 is 0. The predicted molar refractivity (Wildman–Crippen MR) is 104 cm³/mol. The third-order valence-corrected chi connectivity index (χ3v) is 6.09. The van der Waals surface area contributed by atoms with Crippen LogP contribution in [-0.4, -0.2) is 48.0 Å². The number of Topliss-reactive ketones (excluding diaryl/α,β-unsaturated/α-hetero) is 1. The van der Waals surface area contributed by atoms with Gasteiger partial charge in [-0.25, -0.2) is 23.7 Å². The normalized spacial score (nSPS) is 22.6. The van der Waals surface area contributed by atoms with Gasteiger partial charge in [-0.15, -0.1) is 0 Å². The van der Waals surface area contributed by atoms with Crippen LogP contribution in [0.4, 0.5) is 8.78 Å². The minimum absolute atomic E-state index is 0.0591. The summed E-state index contributed by atoms with van der Waals surface area (Å²) in [4.78, 5) is 25.2. The molecule has 5 rings (SSSR count). The maximum absolute atomic E-state index is 12.7. The Morgan fingerprint density at radius 3 is 2.68 bits per heavy atom. The first-order valence-corrected chi connectivity index (χ1v) is 9.91. The van der Waals surface area contributed by atoms with Crippen molar-refractivity contribution in [1.82, 2.24) is 9.97 Å². The molecule has 1 aromatic heterocycles. The zero-order valence-corrected chi connectivity index (χ0v) is 16.5. The van der Waals surface area contributed by atoms with Crippen molar-refractivity contribution in [3.8, 4) is 11.6 Å². The molecule has 0 amide bonds. The molecule has 2 aromatic rings. The molecule has 1 atom stereocenters. The summed E-state index contributed by atoms with van der Waals surface area (Å²) in [7, 11) is 0. The van der Waals surface area contributed by atoms with Gasteiger partial charge in [0.1, 0.15) is 23.6 Å². The molecule has 0 bridgehead atoms. The predicted octanol–water partition coefficient (Wildman–Crippen LogP) is 2.26. The SMILES string of the molecule is NC1=NC2(CO1)c1cc(CC(=O)c3cnc(OCC(F)F)cn3)ccc1OCC21CC1. The Morgan fingerprint density at radius 1 is 1.19 bits per heavy atom. The van der Waals surface area contributed by atoms with E-state index in [-0.39, 0.29) is 35.2 Å². The number of ether oxygens (including phenoxy) is 3. The lowest BCUT2D eigenvalue weighted by Crippen LogP contribution is -2.44. The number of halogens is 2. The fourth-order valence-corrected chi connectivity index (χ4v) is 4.27. The maximum atomic E-state index is 12.7. The molecule has 3 heterocycles. The highest BCUT2D eigenvalue weighted by molar-refractivity contribution is 5.95. The number of benzene rings is 1. The van der Waals surface area contributed by atoms with E-state index in [9.17, 15) is 13.6 Å². The molecular weight excluding hydrogens is 410 g/mol. The molecule has 1 aliphatic carbocycles. The van der Waals surface area contributed by atoms with Gasteiger partial charge in [0.05, 0.1) is 19.0 Å². The maximum Gasteiger partial charge on any atom is 0.283 e. The Morgan fingerprint density at radius 2 is 2.03 bits per heavy atom. The van der Waals surface area contributed by atoms with Gasteiger partial charge < -0.3 is 19.9 Å². The van der Waals surface area contributed by atoms with Crippen LogP contribution in [0.25, 0.3) is 0 Å². The van der Waals surface area contributed by atoms with E-state index >= 15 is 0 Å². The molecule has 1 saturated carbocycles. The Balaban J connectivity index is 1.37. The molecule has 3 aliphatic rings. The second kappa shape index (κ2) is 7.14. The van der Waals surface area contributed by atoms with Crippen LogP contribution in [0.2, 0.25) is 0 Å². The smallest absolute Gasteiger partial charge is 0.283 e. The zero-order chi connectivity index (χ0) is 21.6. The van der Waals surface area contributed by atoms with Crippen LogP contribution in [0, 0.1) is 5.41 Å². The van der Waals surface area contributed by atoms with Gasteiger partial charge in [0.15, 0.2) is 12.4 Å². The summed E-state index contributed by atoms with van der Waals surface area (Å²) in [6.45, 7) is 0.144. The first-order chi connectivity index (χ1) is 14.9. The van der Waals surface area contributed by atoms with Gasteiger partial charge in [-0.2, -0.15) is 0 Å². The minimum atomic E-state index is -2.61. The van der Waals surface area contributed by atoms with E-state index in [1.54, 1.807) is 0 Å². The quantitative estimate of drug-likeness (QED) is 0.700. The Bertz CT molecular complexity index is 1060. The summed E-state index contributed by atoms with van der Waals surface area (Å²) in [6, 6.07) is 5.76. The highest BCUT2D eigenvalue weighted by Crippen LogP contribution is 2.65. The number of rotatable bonds is 6.